The molecule has 0 aliphatic heterocycles. The third kappa shape index (κ3) is 5.21. The molecule has 4 nitrogen and oxygen atoms in total. The van der Waals surface area contributed by atoms with Crippen molar-refractivity contribution in [3.8, 4) is 0 Å². The van der Waals surface area contributed by atoms with Crippen LogP contribution in [0.15, 0.2) is 48.5 Å². The maximum Gasteiger partial charge on any atom is 0.251 e. The summed E-state index contributed by atoms with van der Waals surface area (Å²) in [6, 6.07) is 12.5. The monoisotopic (exact) mass is 314 g/mol. The molecule has 120 valence electrons. The maximum absolute atomic E-state index is 12.8. The molecule has 5 heteroatoms. The van der Waals surface area contributed by atoms with Crippen molar-refractivity contribution in [3.05, 3.63) is 65.5 Å². The van der Waals surface area contributed by atoms with Crippen LogP contribution in [0, 0.1) is 5.82 Å². The Morgan fingerprint density at radius 2 is 1.61 bits per heavy atom. The van der Waals surface area contributed by atoms with Gasteiger partial charge in [-0.2, -0.15) is 0 Å². The molecule has 0 aromatic heterocycles. The topological polar surface area (TPSA) is 58.2 Å². The molecule has 0 bridgehead atoms. The van der Waals surface area contributed by atoms with Crippen molar-refractivity contribution in [1.29, 1.82) is 0 Å². The van der Waals surface area contributed by atoms with Crippen molar-refractivity contribution in [2.45, 2.75) is 26.3 Å². The fourth-order valence-corrected chi connectivity index (χ4v) is 2.04. The van der Waals surface area contributed by atoms with E-state index in [2.05, 4.69) is 10.6 Å². The van der Waals surface area contributed by atoms with E-state index in [1.807, 2.05) is 13.8 Å². The molecule has 2 aromatic rings. The number of halogens is 1. The number of anilines is 1. The number of benzene rings is 2. The third-order valence-corrected chi connectivity index (χ3v) is 3.13. The van der Waals surface area contributed by atoms with Crippen LogP contribution in [-0.2, 0) is 11.2 Å². The Labute approximate surface area is 134 Å². The zero-order chi connectivity index (χ0) is 16.8. The lowest BCUT2D eigenvalue weighted by molar-refractivity contribution is -0.115. The standard InChI is InChI=1S/C18H19FN2O2/c1-12(2)20-18(23)14-5-9-16(10-6-14)21-17(22)11-13-3-7-15(19)8-4-13/h3-10,12H,11H2,1-2H3,(H,20,23)(H,21,22). The largest absolute Gasteiger partial charge is 0.350 e. The van der Waals surface area contributed by atoms with E-state index >= 15 is 0 Å². The summed E-state index contributed by atoms with van der Waals surface area (Å²) in [5.41, 5.74) is 1.88. The van der Waals surface area contributed by atoms with Gasteiger partial charge in [-0.3, -0.25) is 9.59 Å². The summed E-state index contributed by atoms with van der Waals surface area (Å²) in [4.78, 5) is 23.8. The van der Waals surface area contributed by atoms with Crippen LogP contribution in [0.4, 0.5) is 10.1 Å². The molecule has 0 saturated carbocycles. The van der Waals surface area contributed by atoms with Crippen molar-refractivity contribution in [2.24, 2.45) is 0 Å². The Balaban J connectivity index is 1.93. The molecule has 2 amide bonds. The summed E-state index contributed by atoms with van der Waals surface area (Å²) in [5.74, 6) is -0.676. The molecule has 0 unspecified atom stereocenters. The molecule has 0 fully saturated rings. The van der Waals surface area contributed by atoms with Crippen molar-refractivity contribution in [1.82, 2.24) is 5.32 Å². The molecule has 0 atom stereocenters. The van der Waals surface area contributed by atoms with Gasteiger partial charge in [-0.15, -0.1) is 0 Å². The molecule has 0 heterocycles. The van der Waals surface area contributed by atoms with Crippen molar-refractivity contribution in [2.75, 3.05) is 5.32 Å². The van der Waals surface area contributed by atoms with Gasteiger partial charge in [-0.25, -0.2) is 4.39 Å². The minimum atomic E-state index is -0.329. The van der Waals surface area contributed by atoms with E-state index in [0.29, 0.717) is 11.3 Å². The molecule has 0 spiro atoms. The van der Waals surface area contributed by atoms with Crippen LogP contribution in [-0.4, -0.2) is 17.9 Å². The highest BCUT2D eigenvalue weighted by atomic mass is 19.1. The summed E-state index contributed by atoms with van der Waals surface area (Å²) >= 11 is 0. The van der Waals surface area contributed by atoms with Crippen LogP contribution in [0.2, 0.25) is 0 Å². The Morgan fingerprint density at radius 1 is 1.00 bits per heavy atom. The first-order valence-corrected chi connectivity index (χ1v) is 7.39. The fourth-order valence-electron chi connectivity index (χ4n) is 2.04. The van der Waals surface area contributed by atoms with Gasteiger partial charge in [0.15, 0.2) is 0 Å². The average Bonchev–Trinajstić information content (AvgIpc) is 2.49. The molecule has 2 rings (SSSR count). The second-order valence-corrected chi connectivity index (χ2v) is 5.56. The number of hydrogen-bond acceptors (Lipinski definition) is 2. The average molecular weight is 314 g/mol. The van der Waals surface area contributed by atoms with Gasteiger partial charge >= 0.3 is 0 Å². The molecule has 0 aliphatic rings. The predicted octanol–water partition coefficient (Wildman–Crippen LogP) is 3.15. The van der Waals surface area contributed by atoms with Crippen LogP contribution in [0.5, 0.6) is 0 Å². The van der Waals surface area contributed by atoms with E-state index in [1.54, 1.807) is 36.4 Å². The summed E-state index contributed by atoms with van der Waals surface area (Å²) in [7, 11) is 0. The van der Waals surface area contributed by atoms with Crippen molar-refractivity contribution >= 4 is 17.5 Å². The number of nitrogens with one attached hydrogen (secondary N) is 2. The van der Waals surface area contributed by atoms with Gasteiger partial charge in [0.25, 0.3) is 5.91 Å². The zero-order valence-corrected chi connectivity index (χ0v) is 13.1. The van der Waals surface area contributed by atoms with Crippen LogP contribution in [0.3, 0.4) is 0 Å². The molecule has 0 saturated heterocycles. The second-order valence-electron chi connectivity index (χ2n) is 5.56. The Morgan fingerprint density at radius 3 is 2.17 bits per heavy atom. The van der Waals surface area contributed by atoms with E-state index in [1.165, 1.54) is 12.1 Å². The summed E-state index contributed by atoms with van der Waals surface area (Å²) < 4.78 is 12.8. The summed E-state index contributed by atoms with van der Waals surface area (Å²) in [6.45, 7) is 3.78. The second kappa shape index (κ2) is 7.54. The molecule has 2 N–H and O–H groups in total. The predicted molar refractivity (Wildman–Crippen MR) is 87.8 cm³/mol. The maximum atomic E-state index is 12.8. The van der Waals surface area contributed by atoms with Gasteiger partial charge in [0, 0.05) is 17.3 Å². The number of amides is 2. The lowest BCUT2D eigenvalue weighted by atomic mass is 10.1. The van der Waals surface area contributed by atoms with Crippen molar-refractivity contribution in [3.63, 3.8) is 0 Å². The SMILES string of the molecule is CC(C)NC(=O)c1ccc(NC(=O)Cc2ccc(F)cc2)cc1. The van der Waals surface area contributed by atoms with Crippen LogP contribution in [0.1, 0.15) is 29.8 Å². The van der Waals surface area contributed by atoms with Gasteiger partial charge in [0.1, 0.15) is 5.82 Å². The zero-order valence-electron chi connectivity index (χ0n) is 13.1. The van der Waals surface area contributed by atoms with Gasteiger partial charge in [0.05, 0.1) is 6.42 Å². The lowest BCUT2D eigenvalue weighted by Crippen LogP contribution is -2.30. The van der Waals surface area contributed by atoms with Crippen LogP contribution >= 0.6 is 0 Å². The third-order valence-electron chi connectivity index (χ3n) is 3.13. The van der Waals surface area contributed by atoms with Gasteiger partial charge in [-0.05, 0) is 55.8 Å². The molecule has 2 aromatic carbocycles. The summed E-state index contributed by atoms with van der Waals surface area (Å²) in [6.07, 6.45) is 0.163. The number of carbonyl (C=O) groups excluding carboxylic acids is 2. The van der Waals surface area contributed by atoms with Crippen molar-refractivity contribution < 1.29 is 14.0 Å². The first kappa shape index (κ1) is 16.7. The minimum Gasteiger partial charge on any atom is -0.350 e. The number of rotatable bonds is 5. The van der Waals surface area contributed by atoms with E-state index in [0.717, 1.165) is 5.56 Å². The fraction of sp³-hybridized carbons (Fsp3) is 0.222. The van der Waals surface area contributed by atoms with E-state index in [9.17, 15) is 14.0 Å². The van der Waals surface area contributed by atoms with E-state index < -0.39 is 0 Å². The Kier molecular flexibility index (Phi) is 5.46. The Hall–Kier alpha value is -2.69. The normalized spacial score (nSPS) is 10.4. The highest BCUT2D eigenvalue weighted by Gasteiger charge is 2.08. The highest BCUT2D eigenvalue weighted by molar-refractivity contribution is 5.96. The van der Waals surface area contributed by atoms with Crippen LogP contribution in [0.25, 0.3) is 0 Å². The first-order valence-electron chi connectivity index (χ1n) is 7.39. The quantitative estimate of drug-likeness (QED) is 0.891. The lowest BCUT2D eigenvalue weighted by Gasteiger charge is -2.09. The van der Waals surface area contributed by atoms with E-state index in [-0.39, 0.29) is 30.1 Å². The Bertz CT molecular complexity index is 679. The minimum absolute atomic E-state index is 0.0672. The summed E-state index contributed by atoms with van der Waals surface area (Å²) in [5, 5.41) is 5.55. The molecule has 23 heavy (non-hydrogen) atoms. The molecule has 0 aliphatic carbocycles. The molecule has 0 radical (unpaired) electrons. The van der Waals surface area contributed by atoms with Gasteiger partial charge in [-0.1, -0.05) is 12.1 Å². The first-order chi connectivity index (χ1) is 10.9. The number of carbonyl (C=O) groups is 2. The number of hydrogen-bond donors (Lipinski definition) is 2. The van der Waals surface area contributed by atoms with Gasteiger partial charge in [0.2, 0.25) is 5.91 Å². The smallest absolute Gasteiger partial charge is 0.251 e. The molecular weight excluding hydrogens is 295 g/mol. The van der Waals surface area contributed by atoms with E-state index in [4.69, 9.17) is 0 Å². The van der Waals surface area contributed by atoms with Crippen LogP contribution < -0.4 is 10.6 Å². The highest BCUT2D eigenvalue weighted by Crippen LogP contribution is 2.11. The molecular formula is C18H19FN2O2. The van der Waals surface area contributed by atoms with Gasteiger partial charge < -0.3 is 10.6 Å².